The third kappa shape index (κ3) is 2.99. The van der Waals surface area contributed by atoms with Gasteiger partial charge in [-0.2, -0.15) is 11.3 Å². The van der Waals surface area contributed by atoms with Crippen molar-refractivity contribution in [2.45, 2.75) is 31.8 Å². The lowest BCUT2D eigenvalue weighted by atomic mass is 10.1. The standard InChI is InChI=1S/C16H18N2O2S/c1-10(11-3-12(7-17-6-11)16(19)20-2)18-15-4-13-8-21-9-14(13)5-15/h3,6-10,15,18H,4-5H2,1-2H3. The van der Waals surface area contributed by atoms with Gasteiger partial charge in [0, 0.05) is 24.5 Å². The minimum Gasteiger partial charge on any atom is -0.465 e. The number of aromatic nitrogens is 1. The molecule has 1 atom stereocenters. The average Bonchev–Trinajstić information content (AvgIpc) is 3.07. The second kappa shape index (κ2) is 5.95. The number of hydrogen-bond acceptors (Lipinski definition) is 5. The number of esters is 1. The highest BCUT2D eigenvalue weighted by atomic mass is 32.1. The molecule has 0 aliphatic heterocycles. The van der Waals surface area contributed by atoms with E-state index in [9.17, 15) is 4.79 Å². The third-order valence-corrected chi connectivity index (χ3v) is 4.77. The molecule has 2 heterocycles. The van der Waals surface area contributed by atoms with Crippen molar-refractivity contribution in [3.8, 4) is 0 Å². The zero-order valence-electron chi connectivity index (χ0n) is 12.1. The summed E-state index contributed by atoms with van der Waals surface area (Å²) in [5, 5.41) is 8.10. The zero-order chi connectivity index (χ0) is 14.8. The van der Waals surface area contributed by atoms with Crippen LogP contribution in [0.3, 0.4) is 0 Å². The molecule has 0 fully saturated rings. The smallest absolute Gasteiger partial charge is 0.339 e. The Morgan fingerprint density at radius 2 is 2.10 bits per heavy atom. The van der Waals surface area contributed by atoms with Crippen LogP contribution in [0, 0.1) is 0 Å². The summed E-state index contributed by atoms with van der Waals surface area (Å²) < 4.78 is 4.74. The number of fused-ring (bicyclic) bond motifs is 1. The number of pyridine rings is 1. The first kappa shape index (κ1) is 14.2. The Morgan fingerprint density at radius 1 is 1.38 bits per heavy atom. The van der Waals surface area contributed by atoms with Gasteiger partial charge < -0.3 is 10.1 Å². The number of rotatable bonds is 4. The summed E-state index contributed by atoms with van der Waals surface area (Å²) >= 11 is 1.78. The summed E-state index contributed by atoms with van der Waals surface area (Å²) in [6.45, 7) is 2.10. The lowest BCUT2D eigenvalue weighted by Crippen LogP contribution is -2.32. The molecule has 1 N–H and O–H groups in total. The highest BCUT2D eigenvalue weighted by Gasteiger charge is 2.23. The fraction of sp³-hybridized carbons (Fsp3) is 0.375. The average molecular weight is 302 g/mol. The molecule has 0 saturated heterocycles. The van der Waals surface area contributed by atoms with Gasteiger partial charge in [-0.3, -0.25) is 4.98 Å². The second-order valence-electron chi connectivity index (χ2n) is 5.41. The molecule has 0 bridgehead atoms. The fourth-order valence-corrected chi connectivity index (χ4v) is 3.69. The van der Waals surface area contributed by atoms with Gasteiger partial charge >= 0.3 is 5.97 Å². The molecule has 21 heavy (non-hydrogen) atoms. The van der Waals surface area contributed by atoms with E-state index >= 15 is 0 Å². The number of nitrogens with zero attached hydrogens (tertiary/aromatic N) is 1. The van der Waals surface area contributed by atoms with Gasteiger partial charge in [-0.1, -0.05) is 0 Å². The van der Waals surface area contributed by atoms with Gasteiger partial charge in [0.25, 0.3) is 0 Å². The summed E-state index contributed by atoms with van der Waals surface area (Å²) in [5.74, 6) is -0.348. The summed E-state index contributed by atoms with van der Waals surface area (Å²) in [6, 6.07) is 2.46. The van der Waals surface area contributed by atoms with E-state index in [-0.39, 0.29) is 12.0 Å². The lowest BCUT2D eigenvalue weighted by molar-refractivity contribution is 0.0600. The molecule has 0 radical (unpaired) electrons. The minimum atomic E-state index is -0.348. The van der Waals surface area contributed by atoms with E-state index in [2.05, 4.69) is 28.0 Å². The SMILES string of the molecule is COC(=O)c1cncc(C(C)NC2Cc3cscc3C2)c1. The predicted octanol–water partition coefficient (Wildman–Crippen LogP) is 2.75. The molecule has 4 nitrogen and oxygen atoms in total. The Labute approximate surface area is 128 Å². The van der Waals surface area contributed by atoms with E-state index in [4.69, 9.17) is 4.74 Å². The van der Waals surface area contributed by atoms with Crippen LogP contribution >= 0.6 is 11.3 Å². The quantitative estimate of drug-likeness (QED) is 0.882. The fourth-order valence-electron chi connectivity index (χ4n) is 2.80. The lowest BCUT2D eigenvalue weighted by Gasteiger charge is -2.19. The van der Waals surface area contributed by atoms with Crippen LogP contribution in [0.1, 0.15) is 40.0 Å². The maximum atomic E-state index is 11.6. The first-order valence-corrected chi connectivity index (χ1v) is 7.95. The van der Waals surface area contributed by atoms with E-state index in [1.807, 2.05) is 6.07 Å². The van der Waals surface area contributed by atoms with Crippen LogP contribution in [0.15, 0.2) is 29.2 Å². The Bertz CT molecular complexity index is 633. The molecule has 2 aromatic rings. The van der Waals surface area contributed by atoms with Crippen LogP contribution in [-0.4, -0.2) is 24.1 Å². The van der Waals surface area contributed by atoms with Gasteiger partial charge in [-0.05, 0) is 53.3 Å². The molecule has 0 spiro atoms. The molecule has 0 amide bonds. The molecule has 1 unspecified atom stereocenters. The summed E-state index contributed by atoms with van der Waals surface area (Å²) in [5.41, 5.74) is 4.43. The maximum Gasteiger partial charge on any atom is 0.339 e. The van der Waals surface area contributed by atoms with Crippen LogP contribution in [0.2, 0.25) is 0 Å². The number of nitrogens with one attached hydrogen (secondary N) is 1. The summed E-state index contributed by atoms with van der Waals surface area (Å²) in [4.78, 5) is 15.7. The molecule has 0 saturated carbocycles. The van der Waals surface area contributed by atoms with Gasteiger partial charge in [0.1, 0.15) is 0 Å². The normalized spacial score (nSPS) is 15.7. The van der Waals surface area contributed by atoms with Gasteiger partial charge in [-0.15, -0.1) is 0 Å². The first-order valence-electron chi connectivity index (χ1n) is 7.00. The summed E-state index contributed by atoms with van der Waals surface area (Å²) in [7, 11) is 1.38. The van der Waals surface area contributed by atoms with Gasteiger partial charge in [0.05, 0.1) is 12.7 Å². The van der Waals surface area contributed by atoms with Crippen molar-refractivity contribution in [2.75, 3.05) is 7.11 Å². The Morgan fingerprint density at radius 3 is 2.76 bits per heavy atom. The number of ether oxygens (including phenoxy) is 1. The van der Waals surface area contributed by atoms with Crippen molar-refractivity contribution in [1.82, 2.24) is 10.3 Å². The largest absolute Gasteiger partial charge is 0.465 e. The van der Waals surface area contributed by atoms with Crippen molar-refractivity contribution in [3.05, 3.63) is 51.5 Å². The predicted molar refractivity (Wildman–Crippen MR) is 82.6 cm³/mol. The van der Waals surface area contributed by atoms with Crippen molar-refractivity contribution < 1.29 is 9.53 Å². The number of carbonyl (C=O) groups is 1. The number of thiophene rings is 1. The van der Waals surface area contributed by atoms with E-state index < -0.39 is 0 Å². The van der Waals surface area contributed by atoms with Crippen LogP contribution in [0.4, 0.5) is 0 Å². The highest BCUT2D eigenvalue weighted by Crippen LogP contribution is 2.27. The van der Waals surface area contributed by atoms with Gasteiger partial charge in [-0.25, -0.2) is 4.79 Å². The van der Waals surface area contributed by atoms with Crippen molar-refractivity contribution in [1.29, 1.82) is 0 Å². The number of methoxy groups -OCH3 is 1. The van der Waals surface area contributed by atoms with E-state index in [0.717, 1.165) is 18.4 Å². The van der Waals surface area contributed by atoms with Crippen LogP contribution in [0.25, 0.3) is 0 Å². The summed E-state index contributed by atoms with van der Waals surface area (Å²) in [6.07, 6.45) is 5.49. The van der Waals surface area contributed by atoms with Crippen molar-refractivity contribution in [3.63, 3.8) is 0 Å². The molecule has 1 aliphatic rings. The Hall–Kier alpha value is -1.72. The van der Waals surface area contributed by atoms with E-state index in [1.54, 1.807) is 17.5 Å². The molecule has 1 aliphatic carbocycles. The molecule has 5 heteroatoms. The molecule has 110 valence electrons. The third-order valence-electron chi connectivity index (χ3n) is 3.93. The molecule has 2 aromatic heterocycles. The monoisotopic (exact) mass is 302 g/mol. The van der Waals surface area contributed by atoms with E-state index in [1.165, 1.54) is 24.4 Å². The van der Waals surface area contributed by atoms with Crippen LogP contribution in [0.5, 0.6) is 0 Å². The maximum absolute atomic E-state index is 11.6. The second-order valence-corrected chi connectivity index (χ2v) is 6.16. The molecular weight excluding hydrogens is 284 g/mol. The Balaban J connectivity index is 1.67. The minimum absolute atomic E-state index is 0.153. The van der Waals surface area contributed by atoms with Gasteiger partial charge in [0.15, 0.2) is 0 Å². The van der Waals surface area contributed by atoms with E-state index in [0.29, 0.717) is 11.6 Å². The molecule has 0 aromatic carbocycles. The number of hydrogen-bond donors (Lipinski definition) is 1. The van der Waals surface area contributed by atoms with Gasteiger partial charge in [0.2, 0.25) is 0 Å². The Kier molecular flexibility index (Phi) is 4.03. The van der Waals surface area contributed by atoms with Crippen molar-refractivity contribution in [2.24, 2.45) is 0 Å². The zero-order valence-corrected chi connectivity index (χ0v) is 12.9. The topological polar surface area (TPSA) is 51.2 Å². The van der Waals surface area contributed by atoms with Crippen LogP contribution in [-0.2, 0) is 17.6 Å². The first-order chi connectivity index (χ1) is 10.2. The van der Waals surface area contributed by atoms with Crippen molar-refractivity contribution >= 4 is 17.3 Å². The molecular formula is C16H18N2O2S. The highest BCUT2D eigenvalue weighted by molar-refractivity contribution is 7.08. The molecule has 3 rings (SSSR count). The van der Waals surface area contributed by atoms with Crippen LogP contribution < -0.4 is 5.32 Å². The number of carbonyl (C=O) groups excluding carboxylic acids is 1.